The van der Waals surface area contributed by atoms with Crippen LogP contribution < -0.4 is 0 Å². The monoisotopic (exact) mass is 250 g/mol. The zero-order valence-electron chi connectivity index (χ0n) is 11.0. The number of rotatable bonds is 1. The molecule has 0 radical (unpaired) electrons. The second-order valence-electron chi connectivity index (χ2n) is 6.27. The minimum atomic E-state index is -0.372. The first kappa shape index (κ1) is 12.4. The van der Waals surface area contributed by atoms with Gasteiger partial charge in [-0.1, -0.05) is 12.2 Å². The van der Waals surface area contributed by atoms with E-state index in [1.807, 2.05) is 0 Å². The number of hydrogen-bond donors (Lipinski definition) is 1. The second-order valence-corrected chi connectivity index (χ2v) is 6.27. The third-order valence-electron chi connectivity index (χ3n) is 5.15. The quantitative estimate of drug-likeness (QED) is 0.723. The lowest BCUT2D eigenvalue weighted by molar-refractivity contribution is -0.155. The Bertz CT molecular complexity index is 376. The molecule has 2 aliphatic carbocycles. The fourth-order valence-electron chi connectivity index (χ4n) is 4.19. The van der Waals surface area contributed by atoms with Gasteiger partial charge in [0.1, 0.15) is 5.78 Å². The molecule has 3 nitrogen and oxygen atoms in total. The van der Waals surface area contributed by atoms with Crippen LogP contribution in [0.25, 0.3) is 0 Å². The van der Waals surface area contributed by atoms with Crippen LogP contribution in [0.5, 0.6) is 0 Å². The van der Waals surface area contributed by atoms with Gasteiger partial charge in [0.2, 0.25) is 0 Å². The maximum atomic E-state index is 12.3. The Morgan fingerprint density at radius 1 is 1.50 bits per heavy atom. The van der Waals surface area contributed by atoms with E-state index in [9.17, 15) is 9.90 Å². The van der Waals surface area contributed by atoms with Gasteiger partial charge in [0.15, 0.2) is 0 Å². The van der Waals surface area contributed by atoms with E-state index in [0.717, 1.165) is 19.3 Å². The van der Waals surface area contributed by atoms with Crippen molar-refractivity contribution in [1.29, 1.82) is 0 Å². The summed E-state index contributed by atoms with van der Waals surface area (Å²) >= 11 is 0. The van der Waals surface area contributed by atoms with Gasteiger partial charge in [0.25, 0.3) is 0 Å². The average Bonchev–Trinajstić information content (AvgIpc) is 2.37. The molecule has 3 heteroatoms. The summed E-state index contributed by atoms with van der Waals surface area (Å²) in [4.78, 5) is 12.3. The normalized spacial score (nSPS) is 47.6. The molecule has 3 aliphatic rings. The van der Waals surface area contributed by atoms with Crippen molar-refractivity contribution in [3.05, 3.63) is 12.2 Å². The highest BCUT2D eigenvalue weighted by atomic mass is 16.5. The molecule has 0 unspecified atom stereocenters. The molecule has 1 saturated carbocycles. The predicted octanol–water partition coefficient (Wildman–Crippen LogP) is 1.95. The summed E-state index contributed by atoms with van der Waals surface area (Å²) in [6.07, 6.45) is 8.04. The maximum Gasteiger partial charge on any atom is 0.141 e. The van der Waals surface area contributed by atoms with Gasteiger partial charge in [-0.3, -0.25) is 4.79 Å². The topological polar surface area (TPSA) is 46.5 Å². The molecule has 0 aromatic heterocycles. The maximum absolute atomic E-state index is 12.3. The Morgan fingerprint density at radius 3 is 3.11 bits per heavy atom. The summed E-state index contributed by atoms with van der Waals surface area (Å²) in [6, 6.07) is 0. The number of aliphatic hydroxyl groups excluding tert-OH is 1. The van der Waals surface area contributed by atoms with E-state index in [-0.39, 0.29) is 18.1 Å². The smallest absolute Gasteiger partial charge is 0.141 e. The standard InChI is InChI=1S/C15H22O3/c1-15-6-4-11-8-10(9-16)2-3-12(11)14(15)13(17)5-7-18-15/h4,6,10-12,14,16H,2-3,5,7-9H2,1H3/t10-,11-,12-,14-,15-/m0/s1. The fourth-order valence-corrected chi connectivity index (χ4v) is 4.19. The highest BCUT2D eigenvalue weighted by Gasteiger charge is 2.51. The number of carbonyl (C=O) groups excluding carboxylic acids is 1. The van der Waals surface area contributed by atoms with Crippen molar-refractivity contribution in [3.63, 3.8) is 0 Å². The molecule has 0 aromatic rings. The SMILES string of the molecule is C[C@]12C=C[C@H]3C[C@@H](CO)CC[C@@H]3[C@H]1C(=O)CCO2. The average molecular weight is 250 g/mol. The molecule has 2 fully saturated rings. The highest BCUT2D eigenvalue weighted by molar-refractivity contribution is 5.84. The third kappa shape index (κ3) is 1.84. The molecule has 1 N–H and O–H groups in total. The minimum Gasteiger partial charge on any atom is -0.396 e. The molecule has 18 heavy (non-hydrogen) atoms. The largest absolute Gasteiger partial charge is 0.396 e. The van der Waals surface area contributed by atoms with Gasteiger partial charge in [0, 0.05) is 13.0 Å². The van der Waals surface area contributed by atoms with Gasteiger partial charge in [-0.05, 0) is 43.9 Å². The molecule has 1 saturated heterocycles. The summed E-state index contributed by atoms with van der Waals surface area (Å²) in [6.45, 7) is 2.90. The molecular weight excluding hydrogens is 228 g/mol. The second kappa shape index (κ2) is 4.46. The number of aliphatic hydroxyl groups is 1. The van der Waals surface area contributed by atoms with E-state index in [1.165, 1.54) is 0 Å². The summed E-state index contributed by atoms with van der Waals surface area (Å²) in [5.41, 5.74) is -0.372. The lowest BCUT2D eigenvalue weighted by Gasteiger charge is -2.50. The third-order valence-corrected chi connectivity index (χ3v) is 5.15. The van der Waals surface area contributed by atoms with Crippen LogP contribution in [0.3, 0.4) is 0 Å². The number of Topliss-reactive ketones (excluding diaryl/α,β-unsaturated/α-hetero) is 1. The Kier molecular flexibility index (Phi) is 3.07. The first-order valence-corrected chi connectivity index (χ1v) is 7.11. The van der Waals surface area contributed by atoms with Gasteiger partial charge in [0.05, 0.1) is 18.1 Å². The Hall–Kier alpha value is -0.670. The Balaban J connectivity index is 1.88. The number of ether oxygens (including phenoxy) is 1. The molecular formula is C15H22O3. The van der Waals surface area contributed by atoms with Crippen LogP contribution in [0.15, 0.2) is 12.2 Å². The molecule has 0 bridgehead atoms. The van der Waals surface area contributed by atoms with Crippen LogP contribution in [0.4, 0.5) is 0 Å². The van der Waals surface area contributed by atoms with Crippen molar-refractivity contribution in [3.8, 4) is 0 Å². The molecule has 1 heterocycles. The zero-order valence-corrected chi connectivity index (χ0v) is 11.0. The number of hydrogen-bond acceptors (Lipinski definition) is 3. The Labute approximate surface area is 108 Å². The van der Waals surface area contributed by atoms with Crippen molar-refractivity contribution in [1.82, 2.24) is 0 Å². The van der Waals surface area contributed by atoms with Crippen LogP contribution in [0.1, 0.15) is 32.6 Å². The lowest BCUT2D eigenvalue weighted by Crippen LogP contribution is -2.53. The lowest BCUT2D eigenvalue weighted by atomic mass is 9.59. The van der Waals surface area contributed by atoms with Crippen molar-refractivity contribution in [2.75, 3.05) is 13.2 Å². The molecule has 5 atom stereocenters. The number of allylic oxidation sites excluding steroid dienone is 1. The van der Waals surface area contributed by atoms with Gasteiger partial charge in [-0.2, -0.15) is 0 Å². The van der Waals surface area contributed by atoms with Crippen molar-refractivity contribution >= 4 is 5.78 Å². The van der Waals surface area contributed by atoms with Crippen LogP contribution in [0, 0.1) is 23.7 Å². The van der Waals surface area contributed by atoms with E-state index in [1.54, 1.807) is 0 Å². The molecule has 1 aliphatic heterocycles. The first-order valence-electron chi connectivity index (χ1n) is 7.11. The molecule has 0 aromatic carbocycles. The van der Waals surface area contributed by atoms with Gasteiger partial charge in [-0.15, -0.1) is 0 Å². The summed E-state index contributed by atoms with van der Waals surface area (Å²) in [5, 5.41) is 9.30. The summed E-state index contributed by atoms with van der Waals surface area (Å²) in [7, 11) is 0. The number of carbonyl (C=O) groups is 1. The van der Waals surface area contributed by atoms with Crippen LogP contribution in [0.2, 0.25) is 0 Å². The van der Waals surface area contributed by atoms with Crippen molar-refractivity contribution in [2.24, 2.45) is 23.7 Å². The highest BCUT2D eigenvalue weighted by Crippen LogP contribution is 2.49. The van der Waals surface area contributed by atoms with E-state index >= 15 is 0 Å². The zero-order chi connectivity index (χ0) is 12.8. The van der Waals surface area contributed by atoms with Gasteiger partial charge >= 0.3 is 0 Å². The van der Waals surface area contributed by atoms with Gasteiger partial charge in [-0.25, -0.2) is 0 Å². The van der Waals surface area contributed by atoms with Crippen molar-refractivity contribution < 1.29 is 14.6 Å². The van der Waals surface area contributed by atoms with Crippen LogP contribution in [-0.4, -0.2) is 29.7 Å². The summed E-state index contributed by atoms with van der Waals surface area (Å²) in [5.74, 6) is 1.72. The van der Waals surface area contributed by atoms with Crippen LogP contribution >= 0.6 is 0 Å². The number of fused-ring (bicyclic) bond motifs is 3. The molecule has 3 rings (SSSR count). The first-order chi connectivity index (χ1) is 8.64. The van der Waals surface area contributed by atoms with E-state index in [2.05, 4.69) is 19.1 Å². The molecule has 0 amide bonds. The minimum absolute atomic E-state index is 0.0425. The predicted molar refractivity (Wildman–Crippen MR) is 68.0 cm³/mol. The molecule has 100 valence electrons. The van der Waals surface area contributed by atoms with Crippen LogP contribution in [-0.2, 0) is 9.53 Å². The Morgan fingerprint density at radius 2 is 2.33 bits per heavy atom. The van der Waals surface area contributed by atoms with E-state index < -0.39 is 0 Å². The molecule has 0 spiro atoms. The summed E-state index contributed by atoms with van der Waals surface area (Å²) < 4.78 is 5.88. The fraction of sp³-hybridized carbons (Fsp3) is 0.800. The number of ketones is 1. The van der Waals surface area contributed by atoms with E-state index in [0.29, 0.717) is 36.6 Å². The van der Waals surface area contributed by atoms with Gasteiger partial charge < -0.3 is 9.84 Å². The van der Waals surface area contributed by atoms with E-state index in [4.69, 9.17) is 4.74 Å². The van der Waals surface area contributed by atoms with Crippen molar-refractivity contribution in [2.45, 2.75) is 38.2 Å².